The lowest BCUT2D eigenvalue weighted by atomic mass is 10.1. The van der Waals surface area contributed by atoms with Crippen molar-refractivity contribution in [2.75, 3.05) is 16.8 Å². The van der Waals surface area contributed by atoms with Crippen LogP contribution in [0.2, 0.25) is 0 Å². The number of nitrogens with one attached hydrogen (secondary N) is 2. The number of hydrogen-bond donors (Lipinski definition) is 2. The fourth-order valence-electron chi connectivity index (χ4n) is 3.05. The van der Waals surface area contributed by atoms with Crippen molar-refractivity contribution in [1.29, 1.82) is 5.26 Å². The number of carbonyl (C=O) groups is 3. The first-order valence-corrected chi connectivity index (χ1v) is 8.96. The SMILES string of the molecule is CC(NC(=O)CCC(=O)N1CC(=O)Nc2ccccc21)c1ccc(C#N)cc1. The van der Waals surface area contributed by atoms with Crippen molar-refractivity contribution in [2.45, 2.75) is 25.8 Å². The van der Waals surface area contributed by atoms with Crippen molar-refractivity contribution in [3.8, 4) is 6.07 Å². The molecule has 0 bridgehead atoms. The molecule has 7 heteroatoms. The average molecular weight is 376 g/mol. The standard InChI is InChI=1S/C21H20N4O3/c1-14(16-8-6-15(12-22)7-9-16)23-19(26)10-11-21(28)25-13-20(27)24-17-4-2-3-5-18(17)25/h2-9,14H,10-11,13H2,1H3,(H,23,26)(H,24,27). The van der Waals surface area contributed by atoms with E-state index in [-0.39, 0.29) is 43.1 Å². The summed E-state index contributed by atoms with van der Waals surface area (Å²) in [4.78, 5) is 38.0. The van der Waals surface area contributed by atoms with Crippen molar-refractivity contribution >= 4 is 29.1 Å². The average Bonchev–Trinajstić information content (AvgIpc) is 2.71. The van der Waals surface area contributed by atoms with Gasteiger partial charge in [0.1, 0.15) is 6.54 Å². The second-order valence-electron chi connectivity index (χ2n) is 6.57. The van der Waals surface area contributed by atoms with E-state index in [2.05, 4.69) is 16.7 Å². The zero-order valence-corrected chi connectivity index (χ0v) is 15.4. The predicted octanol–water partition coefficient (Wildman–Crippen LogP) is 2.50. The molecule has 3 rings (SSSR count). The molecule has 142 valence electrons. The Balaban J connectivity index is 1.56. The third kappa shape index (κ3) is 4.35. The summed E-state index contributed by atoms with van der Waals surface area (Å²) in [5.41, 5.74) is 2.66. The molecular formula is C21H20N4O3. The summed E-state index contributed by atoms with van der Waals surface area (Å²) in [5, 5.41) is 14.4. The van der Waals surface area contributed by atoms with E-state index in [0.29, 0.717) is 16.9 Å². The molecule has 2 N–H and O–H groups in total. The van der Waals surface area contributed by atoms with Gasteiger partial charge in [0, 0.05) is 12.8 Å². The summed E-state index contributed by atoms with van der Waals surface area (Å²) in [6.45, 7) is 1.78. The second-order valence-corrected chi connectivity index (χ2v) is 6.57. The van der Waals surface area contributed by atoms with Gasteiger partial charge in [0.05, 0.1) is 29.0 Å². The molecule has 1 unspecified atom stereocenters. The maximum absolute atomic E-state index is 12.6. The van der Waals surface area contributed by atoms with E-state index >= 15 is 0 Å². The second kappa shape index (κ2) is 8.35. The van der Waals surface area contributed by atoms with E-state index in [0.717, 1.165) is 5.56 Å². The zero-order chi connectivity index (χ0) is 20.1. The number of nitrogens with zero attached hydrogens (tertiary/aromatic N) is 2. The highest BCUT2D eigenvalue weighted by Crippen LogP contribution is 2.29. The summed E-state index contributed by atoms with van der Waals surface area (Å²) in [7, 11) is 0. The van der Waals surface area contributed by atoms with E-state index in [9.17, 15) is 14.4 Å². The van der Waals surface area contributed by atoms with Crippen LogP contribution in [-0.4, -0.2) is 24.3 Å². The Bertz CT molecular complexity index is 947. The molecule has 1 aliphatic heterocycles. The fourth-order valence-corrected chi connectivity index (χ4v) is 3.05. The minimum atomic E-state index is -0.275. The molecule has 0 saturated carbocycles. The van der Waals surface area contributed by atoms with Gasteiger partial charge in [0.25, 0.3) is 0 Å². The topological polar surface area (TPSA) is 102 Å². The summed E-state index contributed by atoms with van der Waals surface area (Å²) in [6.07, 6.45) is 0.0350. The lowest BCUT2D eigenvalue weighted by Crippen LogP contribution is -2.42. The molecule has 0 spiro atoms. The van der Waals surface area contributed by atoms with Crippen molar-refractivity contribution in [3.63, 3.8) is 0 Å². The summed E-state index contributed by atoms with van der Waals surface area (Å²) < 4.78 is 0. The number of fused-ring (bicyclic) bond motifs is 1. The zero-order valence-electron chi connectivity index (χ0n) is 15.4. The van der Waals surface area contributed by atoms with Gasteiger partial charge in [-0.2, -0.15) is 5.26 Å². The highest BCUT2D eigenvalue weighted by molar-refractivity contribution is 6.10. The Hall–Kier alpha value is -3.66. The van der Waals surface area contributed by atoms with Gasteiger partial charge in [0.15, 0.2) is 0 Å². The molecule has 2 aromatic carbocycles. The maximum atomic E-state index is 12.6. The highest BCUT2D eigenvalue weighted by Gasteiger charge is 2.26. The van der Waals surface area contributed by atoms with Crippen LogP contribution in [0.25, 0.3) is 0 Å². The largest absolute Gasteiger partial charge is 0.350 e. The van der Waals surface area contributed by atoms with Gasteiger partial charge in [-0.3, -0.25) is 14.4 Å². The smallest absolute Gasteiger partial charge is 0.244 e. The van der Waals surface area contributed by atoms with Crippen LogP contribution in [0, 0.1) is 11.3 Å². The quantitative estimate of drug-likeness (QED) is 0.837. The van der Waals surface area contributed by atoms with Crippen LogP contribution in [0.3, 0.4) is 0 Å². The van der Waals surface area contributed by atoms with Gasteiger partial charge in [-0.25, -0.2) is 0 Å². The van der Waals surface area contributed by atoms with Crippen LogP contribution in [0.15, 0.2) is 48.5 Å². The number of benzene rings is 2. The van der Waals surface area contributed by atoms with Crippen LogP contribution >= 0.6 is 0 Å². The maximum Gasteiger partial charge on any atom is 0.244 e. The molecular weight excluding hydrogens is 356 g/mol. The molecule has 0 fully saturated rings. The number of hydrogen-bond acceptors (Lipinski definition) is 4. The first kappa shape index (κ1) is 19.1. The summed E-state index contributed by atoms with van der Waals surface area (Å²) in [6, 6.07) is 15.9. The Morgan fingerprint density at radius 3 is 2.61 bits per heavy atom. The predicted molar refractivity (Wildman–Crippen MR) is 104 cm³/mol. The molecule has 28 heavy (non-hydrogen) atoms. The van der Waals surface area contributed by atoms with E-state index in [1.54, 1.807) is 48.5 Å². The Kier molecular flexibility index (Phi) is 5.70. The molecule has 0 aromatic heterocycles. The van der Waals surface area contributed by atoms with Crippen molar-refractivity contribution < 1.29 is 14.4 Å². The number of carbonyl (C=O) groups excluding carboxylic acids is 3. The molecule has 0 aliphatic carbocycles. The van der Waals surface area contributed by atoms with E-state index in [4.69, 9.17) is 5.26 Å². The summed E-state index contributed by atoms with van der Waals surface area (Å²) >= 11 is 0. The Morgan fingerprint density at radius 1 is 1.18 bits per heavy atom. The molecule has 1 atom stereocenters. The highest BCUT2D eigenvalue weighted by atomic mass is 16.2. The lowest BCUT2D eigenvalue weighted by Gasteiger charge is -2.29. The summed E-state index contributed by atoms with van der Waals surface area (Å²) in [5.74, 6) is -0.783. The first-order valence-electron chi connectivity index (χ1n) is 8.96. The van der Waals surface area contributed by atoms with Crippen molar-refractivity contribution in [2.24, 2.45) is 0 Å². The fraction of sp³-hybridized carbons (Fsp3) is 0.238. The molecule has 0 saturated heterocycles. The van der Waals surface area contributed by atoms with E-state index < -0.39 is 0 Å². The Labute approximate surface area is 163 Å². The van der Waals surface area contributed by atoms with Crippen molar-refractivity contribution in [3.05, 3.63) is 59.7 Å². The van der Waals surface area contributed by atoms with Gasteiger partial charge in [-0.1, -0.05) is 24.3 Å². The Morgan fingerprint density at radius 2 is 1.89 bits per heavy atom. The van der Waals surface area contributed by atoms with Gasteiger partial charge >= 0.3 is 0 Å². The van der Waals surface area contributed by atoms with Crippen LogP contribution in [-0.2, 0) is 14.4 Å². The third-order valence-corrected chi connectivity index (χ3v) is 4.55. The third-order valence-electron chi connectivity index (χ3n) is 4.55. The normalized spacial score (nSPS) is 13.7. The molecule has 0 radical (unpaired) electrons. The molecule has 7 nitrogen and oxygen atoms in total. The number of rotatable bonds is 5. The number of anilines is 2. The molecule has 2 aromatic rings. The lowest BCUT2D eigenvalue weighted by molar-refractivity contribution is -0.126. The van der Waals surface area contributed by atoms with Gasteiger partial charge in [0.2, 0.25) is 17.7 Å². The monoisotopic (exact) mass is 376 g/mol. The van der Waals surface area contributed by atoms with Crippen LogP contribution < -0.4 is 15.5 Å². The first-order chi connectivity index (χ1) is 13.5. The molecule has 3 amide bonds. The van der Waals surface area contributed by atoms with Gasteiger partial charge < -0.3 is 15.5 Å². The van der Waals surface area contributed by atoms with E-state index in [1.807, 2.05) is 6.92 Å². The van der Waals surface area contributed by atoms with Crippen LogP contribution in [0.1, 0.15) is 36.9 Å². The minimum Gasteiger partial charge on any atom is -0.350 e. The number of para-hydroxylation sites is 2. The van der Waals surface area contributed by atoms with Crippen molar-refractivity contribution in [1.82, 2.24) is 5.32 Å². The van der Waals surface area contributed by atoms with Gasteiger partial charge in [-0.05, 0) is 36.8 Å². The van der Waals surface area contributed by atoms with E-state index in [1.165, 1.54) is 4.90 Å². The minimum absolute atomic E-state index is 0.00748. The molecule has 1 aliphatic rings. The van der Waals surface area contributed by atoms with Crippen LogP contribution in [0.5, 0.6) is 0 Å². The van der Waals surface area contributed by atoms with Gasteiger partial charge in [-0.15, -0.1) is 0 Å². The number of amides is 3. The van der Waals surface area contributed by atoms with Crippen LogP contribution in [0.4, 0.5) is 11.4 Å². The molecule has 1 heterocycles. The number of nitriles is 1.